The largest absolute Gasteiger partial charge is 0.497 e. The molecule has 166 valence electrons. The monoisotopic (exact) mass is 466 g/mol. The summed E-state index contributed by atoms with van der Waals surface area (Å²) in [5.74, 6) is -0.800. The fourth-order valence-electron chi connectivity index (χ4n) is 3.74. The molecule has 0 saturated carbocycles. The van der Waals surface area contributed by atoms with E-state index in [4.69, 9.17) is 10.5 Å². The second-order valence-electron chi connectivity index (χ2n) is 7.88. The lowest BCUT2D eigenvalue weighted by Gasteiger charge is -2.42. The van der Waals surface area contributed by atoms with E-state index in [1.807, 2.05) is 0 Å². The molecule has 0 fully saturated rings. The van der Waals surface area contributed by atoms with Crippen LogP contribution in [0.25, 0.3) is 4.91 Å². The molecule has 2 heterocycles. The van der Waals surface area contributed by atoms with Crippen LogP contribution in [-0.4, -0.2) is 55.0 Å². The van der Waals surface area contributed by atoms with Crippen LogP contribution in [0.3, 0.4) is 0 Å². The highest BCUT2D eigenvalue weighted by Crippen LogP contribution is 2.49. The van der Waals surface area contributed by atoms with Crippen LogP contribution >= 0.6 is 11.8 Å². The van der Waals surface area contributed by atoms with Gasteiger partial charge in [-0.1, -0.05) is 12.1 Å². The Labute approximate surface area is 176 Å². The molecule has 2 aliphatic rings. The van der Waals surface area contributed by atoms with Crippen LogP contribution in [0.1, 0.15) is 25.8 Å². The summed E-state index contributed by atoms with van der Waals surface area (Å²) >= 11 is 1.09. The van der Waals surface area contributed by atoms with Crippen LogP contribution < -0.4 is 10.5 Å². The van der Waals surface area contributed by atoms with Gasteiger partial charge in [-0.05, 0) is 37.6 Å². The molecule has 2 aliphatic heterocycles. The van der Waals surface area contributed by atoms with Gasteiger partial charge in [-0.15, -0.1) is 11.8 Å². The first-order valence-electron chi connectivity index (χ1n) is 9.03. The van der Waals surface area contributed by atoms with Crippen LogP contribution in [0.5, 0.6) is 5.75 Å². The summed E-state index contributed by atoms with van der Waals surface area (Å²) in [5, 5.41) is -0.956. The molecule has 1 aromatic carbocycles. The number of sulfone groups is 1. The third-order valence-corrected chi connectivity index (χ3v) is 9.78. The maximum absolute atomic E-state index is 15.0. The zero-order chi connectivity index (χ0) is 22.5. The zero-order valence-corrected chi connectivity index (χ0v) is 18.2. The molecule has 1 aromatic rings. The van der Waals surface area contributed by atoms with Crippen molar-refractivity contribution in [2.24, 2.45) is 10.7 Å². The van der Waals surface area contributed by atoms with Gasteiger partial charge < -0.3 is 10.5 Å². The molecule has 0 amide bonds. The molecule has 0 aliphatic carbocycles. The minimum atomic E-state index is -4.75. The van der Waals surface area contributed by atoms with Crippen LogP contribution in [0.2, 0.25) is 0 Å². The molecule has 0 bridgehead atoms. The van der Waals surface area contributed by atoms with Gasteiger partial charge in [0.25, 0.3) is 0 Å². The SMILES string of the molecule is COc1cccc(C2=CC(F)C([C@]3(C)CS(=O)(=O)[C@](C)(CC(F)(F)F)C(N)=N3)S2)c1. The highest BCUT2D eigenvalue weighted by molar-refractivity contribution is 8.09. The fourth-order valence-corrected chi connectivity index (χ4v) is 7.27. The van der Waals surface area contributed by atoms with Gasteiger partial charge in [0.2, 0.25) is 0 Å². The van der Waals surface area contributed by atoms with Crippen molar-refractivity contribution in [1.29, 1.82) is 0 Å². The minimum Gasteiger partial charge on any atom is -0.497 e. The number of aliphatic imine (C=N–C) groups is 1. The highest BCUT2D eigenvalue weighted by Gasteiger charge is 2.58. The molecule has 3 rings (SSSR count). The summed E-state index contributed by atoms with van der Waals surface area (Å²) in [6, 6.07) is 6.94. The predicted octanol–water partition coefficient (Wildman–Crippen LogP) is 3.75. The lowest BCUT2D eigenvalue weighted by Crippen LogP contribution is -2.61. The zero-order valence-electron chi connectivity index (χ0n) is 16.5. The maximum Gasteiger partial charge on any atom is 0.391 e. The molecular formula is C19H22F4N2O3S2. The van der Waals surface area contributed by atoms with Gasteiger partial charge >= 0.3 is 6.18 Å². The summed E-state index contributed by atoms with van der Waals surface area (Å²) in [7, 11) is -2.87. The molecular weight excluding hydrogens is 444 g/mol. The Balaban J connectivity index is 1.94. The number of ether oxygens (including phenoxy) is 1. The number of thioether (sulfide) groups is 1. The number of allylic oxidation sites excluding steroid dienone is 1. The van der Waals surface area contributed by atoms with E-state index in [2.05, 4.69) is 4.99 Å². The van der Waals surface area contributed by atoms with Crippen molar-refractivity contribution in [3.05, 3.63) is 35.9 Å². The number of rotatable bonds is 4. The Morgan fingerprint density at radius 1 is 1.33 bits per heavy atom. The van der Waals surface area contributed by atoms with E-state index in [0.717, 1.165) is 18.7 Å². The summed E-state index contributed by atoms with van der Waals surface area (Å²) in [6.45, 7) is 2.33. The second-order valence-corrected chi connectivity index (χ2v) is 11.5. The predicted molar refractivity (Wildman–Crippen MR) is 110 cm³/mol. The van der Waals surface area contributed by atoms with Crippen molar-refractivity contribution in [1.82, 2.24) is 0 Å². The second kappa shape index (κ2) is 7.44. The summed E-state index contributed by atoms with van der Waals surface area (Å²) in [6.07, 6.45) is -6.59. The Bertz CT molecular complexity index is 1010. The van der Waals surface area contributed by atoms with Crippen molar-refractivity contribution in [3.63, 3.8) is 0 Å². The minimum absolute atomic E-state index is 0.572. The van der Waals surface area contributed by atoms with Crippen LogP contribution in [0, 0.1) is 0 Å². The molecule has 2 N–H and O–H groups in total. The van der Waals surface area contributed by atoms with Crippen LogP contribution in [-0.2, 0) is 9.84 Å². The Morgan fingerprint density at radius 2 is 2.00 bits per heavy atom. The number of alkyl halides is 4. The average molecular weight is 467 g/mol. The standard InChI is InChI=1S/C19H22F4N2O3S2/c1-17(10-30(26,27)18(2,16(24)25-17)9-19(21,22)23)15-13(20)8-14(29-15)11-5-4-6-12(7-11)28-3/h4-8,13,15H,9-10H2,1-3H3,(H2,24,25)/t13?,15?,17-,18+/m0/s1. The Hall–Kier alpha value is -1.75. The van der Waals surface area contributed by atoms with E-state index < -0.39 is 55.7 Å². The number of nitrogens with zero attached hydrogens (tertiary/aromatic N) is 1. The summed E-state index contributed by atoms with van der Waals surface area (Å²) in [4.78, 5) is 4.71. The number of amidine groups is 1. The number of halogens is 4. The van der Waals surface area contributed by atoms with Gasteiger partial charge in [0.15, 0.2) is 9.84 Å². The van der Waals surface area contributed by atoms with E-state index in [-0.39, 0.29) is 0 Å². The lowest BCUT2D eigenvalue weighted by atomic mass is 9.95. The molecule has 0 saturated heterocycles. The van der Waals surface area contributed by atoms with Crippen molar-refractivity contribution in [2.75, 3.05) is 12.9 Å². The number of methoxy groups -OCH3 is 1. The van der Waals surface area contributed by atoms with E-state index in [1.165, 1.54) is 20.1 Å². The smallest absolute Gasteiger partial charge is 0.391 e. The third kappa shape index (κ3) is 4.05. The fraction of sp³-hybridized carbons (Fsp3) is 0.526. The van der Waals surface area contributed by atoms with Gasteiger partial charge in [0.1, 0.15) is 22.5 Å². The van der Waals surface area contributed by atoms with Gasteiger partial charge in [-0.25, -0.2) is 12.8 Å². The van der Waals surface area contributed by atoms with Gasteiger partial charge in [0, 0.05) is 4.91 Å². The molecule has 0 spiro atoms. The first kappa shape index (κ1) is 22.9. The molecule has 11 heteroatoms. The molecule has 0 radical (unpaired) electrons. The van der Waals surface area contributed by atoms with Gasteiger partial charge in [-0.3, -0.25) is 4.99 Å². The van der Waals surface area contributed by atoms with Crippen molar-refractivity contribution in [3.8, 4) is 5.75 Å². The number of hydrogen-bond donors (Lipinski definition) is 1. The molecule has 30 heavy (non-hydrogen) atoms. The molecule has 0 aromatic heterocycles. The van der Waals surface area contributed by atoms with Crippen molar-refractivity contribution >= 4 is 32.3 Å². The Morgan fingerprint density at radius 3 is 2.57 bits per heavy atom. The average Bonchev–Trinajstić information content (AvgIpc) is 3.01. The lowest BCUT2D eigenvalue weighted by molar-refractivity contribution is -0.137. The van der Waals surface area contributed by atoms with E-state index in [0.29, 0.717) is 16.2 Å². The maximum atomic E-state index is 15.0. The van der Waals surface area contributed by atoms with Gasteiger partial charge in [-0.2, -0.15) is 13.2 Å². The topological polar surface area (TPSA) is 81.8 Å². The molecule has 5 nitrogen and oxygen atoms in total. The highest BCUT2D eigenvalue weighted by atomic mass is 32.2. The normalized spacial score (nSPS) is 33.7. The number of hydrogen-bond acceptors (Lipinski definition) is 6. The van der Waals surface area contributed by atoms with E-state index >= 15 is 0 Å². The van der Waals surface area contributed by atoms with E-state index in [9.17, 15) is 26.0 Å². The van der Waals surface area contributed by atoms with Crippen molar-refractivity contribution < 1.29 is 30.7 Å². The van der Waals surface area contributed by atoms with Crippen molar-refractivity contribution in [2.45, 2.75) is 48.2 Å². The van der Waals surface area contributed by atoms with Gasteiger partial charge in [0.05, 0.1) is 30.1 Å². The number of benzene rings is 1. The summed E-state index contributed by atoms with van der Waals surface area (Å²) < 4.78 is 82.5. The third-order valence-electron chi connectivity index (χ3n) is 5.45. The molecule has 4 atom stereocenters. The van der Waals surface area contributed by atoms with Crippen LogP contribution in [0.4, 0.5) is 17.6 Å². The summed E-state index contributed by atoms with van der Waals surface area (Å²) in [5.41, 5.74) is 4.94. The molecule has 2 unspecified atom stereocenters. The number of nitrogens with two attached hydrogens (primary N) is 1. The van der Waals surface area contributed by atoms with E-state index in [1.54, 1.807) is 24.3 Å². The first-order chi connectivity index (χ1) is 13.7. The first-order valence-corrected chi connectivity index (χ1v) is 11.6. The van der Waals surface area contributed by atoms with Crippen LogP contribution in [0.15, 0.2) is 35.3 Å². The Kier molecular flexibility index (Phi) is 5.68. The quantitative estimate of drug-likeness (QED) is 0.684.